The van der Waals surface area contributed by atoms with Crippen LogP contribution in [0.4, 0.5) is 8.78 Å². The normalized spacial score (nSPS) is 13.0. The molecule has 0 aliphatic heterocycles. The molecule has 4 heteroatoms. The van der Waals surface area contributed by atoms with Gasteiger partial charge in [-0.25, -0.2) is 8.78 Å². The van der Waals surface area contributed by atoms with Crippen LogP contribution in [0, 0.1) is 11.6 Å². The molecule has 0 fully saturated rings. The van der Waals surface area contributed by atoms with Crippen molar-refractivity contribution in [1.29, 1.82) is 0 Å². The third-order valence-corrected chi connectivity index (χ3v) is 1.45. The fourth-order valence-corrected chi connectivity index (χ4v) is 0.928. The van der Waals surface area contributed by atoms with Gasteiger partial charge in [-0.1, -0.05) is 0 Å². The van der Waals surface area contributed by atoms with Crippen LogP contribution >= 0.6 is 0 Å². The van der Waals surface area contributed by atoms with Crippen LogP contribution in [0.3, 0.4) is 0 Å². The molecule has 0 bridgehead atoms. The first-order valence-corrected chi connectivity index (χ1v) is 3.57. The summed E-state index contributed by atoms with van der Waals surface area (Å²) >= 11 is 0. The van der Waals surface area contributed by atoms with Gasteiger partial charge in [0.2, 0.25) is 0 Å². The third-order valence-electron chi connectivity index (χ3n) is 1.45. The van der Waals surface area contributed by atoms with Crippen LogP contribution in [0.25, 0.3) is 0 Å². The van der Waals surface area contributed by atoms with Crippen molar-refractivity contribution in [2.24, 2.45) is 0 Å². The van der Waals surface area contributed by atoms with E-state index >= 15 is 0 Å². The van der Waals surface area contributed by atoms with Gasteiger partial charge in [-0.3, -0.25) is 4.98 Å². The zero-order valence-electron chi connectivity index (χ0n) is 6.59. The predicted molar refractivity (Wildman–Crippen MR) is 39.5 cm³/mol. The highest BCUT2D eigenvalue weighted by atomic mass is 19.1. The third kappa shape index (κ3) is 1.98. The molecule has 1 N–H and O–H groups in total. The van der Waals surface area contributed by atoms with Crippen molar-refractivity contribution in [3.8, 4) is 0 Å². The van der Waals surface area contributed by atoms with Crippen LogP contribution in [0.15, 0.2) is 12.4 Å². The fraction of sp³-hybridized carbons (Fsp3) is 0.375. The van der Waals surface area contributed by atoms with E-state index < -0.39 is 17.7 Å². The van der Waals surface area contributed by atoms with E-state index in [2.05, 4.69) is 4.98 Å². The molecule has 1 unspecified atom stereocenters. The standard InChI is InChI=1S/C8H9F2NO/c1-5(12)2-6-7(9)3-11-4-8(6)10/h3-5,12H,2H2,1H3. The molecule has 1 aromatic rings. The number of aliphatic hydroxyl groups excluding tert-OH is 1. The molecule has 0 saturated heterocycles. The minimum absolute atomic E-state index is 0.0276. The highest BCUT2D eigenvalue weighted by molar-refractivity contribution is 5.15. The first-order chi connectivity index (χ1) is 5.61. The Morgan fingerprint density at radius 1 is 1.42 bits per heavy atom. The maximum absolute atomic E-state index is 12.8. The zero-order valence-corrected chi connectivity index (χ0v) is 6.59. The summed E-state index contributed by atoms with van der Waals surface area (Å²) in [7, 11) is 0. The van der Waals surface area contributed by atoms with Gasteiger partial charge in [0, 0.05) is 12.0 Å². The quantitative estimate of drug-likeness (QED) is 0.730. The van der Waals surface area contributed by atoms with Gasteiger partial charge in [0.05, 0.1) is 18.5 Å². The lowest BCUT2D eigenvalue weighted by Crippen LogP contribution is -2.08. The van der Waals surface area contributed by atoms with Crippen LogP contribution in [0.2, 0.25) is 0 Å². The topological polar surface area (TPSA) is 33.1 Å². The van der Waals surface area contributed by atoms with Crippen LogP contribution in [0.1, 0.15) is 12.5 Å². The largest absolute Gasteiger partial charge is 0.393 e. The number of aliphatic hydroxyl groups is 1. The highest BCUT2D eigenvalue weighted by Crippen LogP contribution is 2.12. The molecular weight excluding hydrogens is 164 g/mol. The van der Waals surface area contributed by atoms with Gasteiger partial charge in [-0.15, -0.1) is 0 Å². The predicted octanol–water partition coefficient (Wildman–Crippen LogP) is 1.28. The molecule has 0 amide bonds. The molecule has 0 spiro atoms. The van der Waals surface area contributed by atoms with Crippen molar-refractivity contribution >= 4 is 0 Å². The highest BCUT2D eigenvalue weighted by Gasteiger charge is 2.10. The lowest BCUT2D eigenvalue weighted by atomic mass is 10.1. The van der Waals surface area contributed by atoms with E-state index in [1.165, 1.54) is 6.92 Å². The Balaban J connectivity index is 2.96. The van der Waals surface area contributed by atoms with Crippen LogP contribution in [-0.4, -0.2) is 16.2 Å². The molecule has 0 saturated carbocycles. The number of rotatable bonds is 2. The number of pyridine rings is 1. The van der Waals surface area contributed by atoms with Crippen LogP contribution in [-0.2, 0) is 6.42 Å². The van der Waals surface area contributed by atoms with Gasteiger partial charge in [-0.2, -0.15) is 0 Å². The number of hydrogen-bond acceptors (Lipinski definition) is 2. The monoisotopic (exact) mass is 173 g/mol. The lowest BCUT2D eigenvalue weighted by molar-refractivity contribution is 0.192. The first-order valence-electron chi connectivity index (χ1n) is 3.57. The smallest absolute Gasteiger partial charge is 0.147 e. The van der Waals surface area contributed by atoms with Crippen molar-refractivity contribution in [2.75, 3.05) is 0 Å². The Morgan fingerprint density at radius 2 is 1.92 bits per heavy atom. The van der Waals surface area contributed by atoms with Crippen molar-refractivity contribution in [3.63, 3.8) is 0 Å². The first kappa shape index (κ1) is 9.06. The van der Waals surface area contributed by atoms with Crippen LogP contribution < -0.4 is 0 Å². The fourth-order valence-electron chi connectivity index (χ4n) is 0.928. The Labute approximate surface area is 68.9 Å². The summed E-state index contributed by atoms with van der Waals surface area (Å²) in [6, 6.07) is 0. The van der Waals surface area contributed by atoms with E-state index in [-0.39, 0.29) is 12.0 Å². The molecule has 1 atom stereocenters. The van der Waals surface area contributed by atoms with Crippen molar-refractivity contribution < 1.29 is 13.9 Å². The van der Waals surface area contributed by atoms with Gasteiger partial charge in [0.25, 0.3) is 0 Å². The molecule has 12 heavy (non-hydrogen) atoms. The van der Waals surface area contributed by atoms with E-state index in [1.54, 1.807) is 0 Å². The van der Waals surface area contributed by atoms with Gasteiger partial charge in [0.1, 0.15) is 11.6 Å². The second-order valence-electron chi connectivity index (χ2n) is 2.63. The molecule has 0 aliphatic rings. The minimum Gasteiger partial charge on any atom is -0.393 e. The number of halogens is 2. The molecule has 0 radical (unpaired) electrons. The molecule has 0 aliphatic carbocycles. The van der Waals surface area contributed by atoms with E-state index in [1.807, 2.05) is 0 Å². The minimum atomic E-state index is -0.753. The van der Waals surface area contributed by atoms with E-state index in [4.69, 9.17) is 5.11 Å². The van der Waals surface area contributed by atoms with Gasteiger partial charge >= 0.3 is 0 Å². The number of aromatic nitrogens is 1. The summed E-state index contributed by atoms with van der Waals surface area (Å²) in [5, 5.41) is 8.90. The molecule has 1 heterocycles. The second kappa shape index (κ2) is 3.58. The summed E-state index contributed by atoms with van der Waals surface area (Å²) in [5.41, 5.74) is -0.111. The van der Waals surface area contributed by atoms with Gasteiger partial charge in [0.15, 0.2) is 0 Å². The molecule has 66 valence electrons. The van der Waals surface area contributed by atoms with Crippen molar-refractivity contribution in [2.45, 2.75) is 19.4 Å². The summed E-state index contributed by atoms with van der Waals surface area (Å²) in [5.74, 6) is -1.42. The number of nitrogens with zero attached hydrogens (tertiary/aromatic N) is 1. The summed E-state index contributed by atoms with van der Waals surface area (Å²) < 4.78 is 25.6. The molecule has 0 aromatic carbocycles. The maximum atomic E-state index is 12.8. The maximum Gasteiger partial charge on any atom is 0.147 e. The van der Waals surface area contributed by atoms with E-state index in [0.717, 1.165) is 12.4 Å². The average Bonchev–Trinajstić information content (AvgIpc) is 1.97. The second-order valence-corrected chi connectivity index (χ2v) is 2.63. The SMILES string of the molecule is CC(O)Cc1c(F)cncc1F. The molecule has 1 aromatic heterocycles. The Morgan fingerprint density at radius 3 is 2.33 bits per heavy atom. The Bertz CT molecular complexity index is 256. The van der Waals surface area contributed by atoms with E-state index in [0.29, 0.717) is 0 Å². The molecule has 1 rings (SSSR count). The van der Waals surface area contributed by atoms with Crippen molar-refractivity contribution in [1.82, 2.24) is 4.98 Å². The van der Waals surface area contributed by atoms with Gasteiger partial charge < -0.3 is 5.11 Å². The molecular formula is C8H9F2NO. The summed E-state index contributed by atoms with van der Waals surface area (Å²) in [6.07, 6.45) is 1.08. The lowest BCUT2D eigenvalue weighted by Gasteiger charge is -2.05. The average molecular weight is 173 g/mol. The van der Waals surface area contributed by atoms with Crippen LogP contribution in [0.5, 0.6) is 0 Å². The summed E-state index contributed by atoms with van der Waals surface area (Å²) in [6.45, 7) is 1.47. The van der Waals surface area contributed by atoms with E-state index in [9.17, 15) is 8.78 Å². The van der Waals surface area contributed by atoms with Crippen molar-refractivity contribution in [3.05, 3.63) is 29.6 Å². The zero-order chi connectivity index (χ0) is 9.14. The Hall–Kier alpha value is -1.03. The summed E-state index contributed by atoms with van der Waals surface area (Å²) in [4.78, 5) is 3.32. The van der Waals surface area contributed by atoms with Gasteiger partial charge in [-0.05, 0) is 6.92 Å². The number of hydrogen-bond donors (Lipinski definition) is 1. The Kier molecular flexibility index (Phi) is 2.70. The molecule has 2 nitrogen and oxygen atoms in total.